The molecule has 8 rings (SSSR count). The lowest BCUT2D eigenvalue weighted by atomic mass is 9.94. The molecule has 6 aromatic rings. The minimum atomic E-state index is -0.542. The minimum absolute atomic E-state index is 0.145. The van der Waals surface area contributed by atoms with Crippen LogP contribution in [0.15, 0.2) is 122 Å². The number of benzene rings is 4. The SMILES string of the molecule is NCc1ccc(C(=O)N(c2ccncc2)N(C(=O)c2ccc(CN)c(-c3cccc4c3OC(=O)C4)c2)c2ccncc2)cc1-c1ccc2c(c1)OC(=O)C2. The number of amides is 2. The van der Waals surface area contributed by atoms with Crippen LogP contribution >= 0.6 is 0 Å². The van der Waals surface area contributed by atoms with Crippen LogP contribution < -0.4 is 31.0 Å². The Balaban J connectivity index is 1.26. The lowest BCUT2D eigenvalue weighted by molar-refractivity contribution is -0.132. The van der Waals surface area contributed by atoms with Gasteiger partial charge in [0.1, 0.15) is 11.5 Å². The normalized spacial score (nSPS) is 12.8. The molecular weight excluding hydrogens is 684 g/mol. The van der Waals surface area contributed by atoms with Crippen molar-refractivity contribution in [1.29, 1.82) is 0 Å². The van der Waals surface area contributed by atoms with Crippen molar-refractivity contribution in [2.24, 2.45) is 11.5 Å². The minimum Gasteiger partial charge on any atom is -0.426 e. The molecule has 4 aromatic carbocycles. The summed E-state index contributed by atoms with van der Waals surface area (Å²) in [5.74, 6) is -0.879. The molecule has 0 saturated heterocycles. The van der Waals surface area contributed by atoms with Crippen LogP contribution in [0.25, 0.3) is 22.3 Å². The van der Waals surface area contributed by atoms with E-state index >= 15 is 4.79 Å². The van der Waals surface area contributed by atoms with Gasteiger partial charge in [-0.2, -0.15) is 0 Å². The molecule has 0 spiro atoms. The Kier molecular flexibility index (Phi) is 8.95. The highest BCUT2D eigenvalue weighted by Gasteiger charge is 2.33. The second-order valence-electron chi connectivity index (χ2n) is 12.7. The van der Waals surface area contributed by atoms with E-state index in [0.717, 1.165) is 22.3 Å². The maximum atomic E-state index is 15.0. The molecule has 0 aliphatic carbocycles. The summed E-state index contributed by atoms with van der Waals surface area (Å²) in [5, 5.41) is 2.59. The number of anilines is 2. The fourth-order valence-electron chi connectivity index (χ4n) is 6.80. The van der Waals surface area contributed by atoms with Gasteiger partial charge in [0.2, 0.25) is 0 Å². The summed E-state index contributed by atoms with van der Waals surface area (Å²) in [6.07, 6.45) is 6.46. The van der Waals surface area contributed by atoms with Crippen molar-refractivity contribution in [3.63, 3.8) is 0 Å². The zero-order valence-electron chi connectivity index (χ0n) is 28.8. The van der Waals surface area contributed by atoms with Crippen LogP contribution in [0.3, 0.4) is 0 Å². The van der Waals surface area contributed by atoms with Crippen LogP contribution in [0, 0.1) is 0 Å². The average molecular weight is 717 g/mol. The summed E-state index contributed by atoms with van der Waals surface area (Å²) in [6, 6.07) is 27.7. The predicted molar refractivity (Wildman–Crippen MR) is 200 cm³/mol. The Morgan fingerprint density at radius 2 is 1.15 bits per heavy atom. The summed E-state index contributed by atoms with van der Waals surface area (Å²) >= 11 is 0. The van der Waals surface area contributed by atoms with Gasteiger partial charge in [0, 0.05) is 65.7 Å². The summed E-state index contributed by atoms with van der Waals surface area (Å²) in [4.78, 5) is 62.6. The Hall–Kier alpha value is -7.02. The van der Waals surface area contributed by atoms with Gasteiger partial charge in [0.15, 0.2) is 0 Å². The molecule has 12 heteroatoms. The Morgan fingerprint density at radius 3 is 1.76 bits per heavy atom. The summed E-state index contributed by atoms with van der Waals surface area (Å²) in [7, 11) is 0. The standard InChI is InChI=1S/C42H32N6O6/c43-23-30-8-6-28(18-35(30)25-4-5-26-21-38(49)53-37(26)20-25)41(51)47(32-10-14-45-15-11-32)48(33-12-16-46-17-13-33)42(52)29-7-9-31(24-44)36(19-29)34-3-1-2-27-22-39(50)54-40(27)34/h1-20H,21-24,43-44H2. The van der Waals surface area contributed by atoms with Crippen molar-refractivity contribution < 1.29 is 28.7 Å². The van der Waals surface area contributed by atoms with Gasteiger partial charge in [0.05, 0.1) is 24.2 Å². The summed E-state index contributed by atoms with van der Waals surface area (Å²) in [5.41, 5.74) is 19.2. The number of fused-ring (bicyclic) bond motifs is 2. The molecule has 2 aliphatic rings. The van der Waals surface area contributed by atoms with Gasteiger partial charge in [-0.25, -0.2) is 10.0 Å². The monoisotopic (exact) mass is 716 g/mol. The summed E-state index contributed by atoms with van der Waals surface area (Å²) < 4.78 is 11.0. The van der Waals surface area contributed by atoms with Gasteiger partial charge < -0.3 is 20.9 Å². The first kappa shape index (κ1) is 34.1. The van der Waals surface area contributed by atoms with E-state index in [1.807, 2.05) is 30.3 Å². The van der Waals surface area contributed by atoms with E-state index in [1.54, 1.807) is 66.7 Å². The lowest BCUT2D eigenvalue weighted by Crippen LogP contribution is -2.51. The molecule has 2 amide bonds. The Morgan fingerprint density at radius 1 is 0.593 bits per heavy atom. The third-order valence-corrected chi connectivity index (χ3v) is 9.43. The Labute approximate surface area is 309 Å². The zero-order chi connectivity index (χ0) is 37.3. The molecule has 0 radical (unpaired) electrons. The number of hydrogen-bond acceptors (Lipinski definition) is 10. The van der Waals surface area contributed by atoms with Crippen molar-refractivity contribution in [3.8, 4) is 33.8 Å². The number of ether oxygens (including phenoxy) is 2. The lowest BCUT2D eigenvalue weighted by Gasteiger charge is -2.35. The van der Waals surface area contributed by atoms with Crippen molar-refractivity contribution in [2.45, 2.75) is 25.9 Å². The van der Waals surface area contributed by atoms with Crippen LogP contribution in [0.2, 0.25) is 0 Å². The molecule has 12 nitrogen and oxygen atoms in total. The number of carbonyl (C=O) groups is 4. The number of nitrogens with two attached hydrogens (primary N) is 2. The maximum absolute atomic E-state index is 15.0. The first-order valence-corrected chi connectivity index (χ1v) is 17.1. The van der Waals surface area contributed by atoms with Crippen molar-refractivity contribution in [1.82, 2.24) is 9.97 Å². The number of nitrogens with zero attached hydrogens (tertiary/aromatic N) is 4. The zero-order valence-corrected chi connectivity index (χ0v) is 28.8. The third-order valence-electron chi connectivity index (χ3n) is 9.43. The highest BCUT2D eigenvalue weighted by Crippen LogP contribution is 2.40. The molecule has 54 heavy (non-hydrogen) atoms. The topological polar surface area (TPSA) is 171 Å². The van der Waals surface area contributed by atoms with Gasteiger partial charge >= 0.3 is 11.9 Å². The molecule has 0 fully saturated rings. The van der Waals surface area contributed by atoms with Gasteiger partial charge in [-0.05, 0) is 82.4 Å². The van der Waals surface area contributed by atoms with Crippen molar-refractivity contribution >= 4 is 35.1 Å². The van der Waals surface area contributed by atoms with Crippen LogP contribution in [-0.4, -0.2) is 33.7 Å². The largest absolute Gasteiger partial charge is 0.426 e. The number of hydrazine groups is 1. The first-order valence-electron chi connectivity index (χ1n) is 17.1. The van der Waals surface area contributed by atoms with Gasteiger partial charge in [-0.3, -0.25) is 29.1 Å². The fraction of sp³-hybridized carbons (Fsp3) is 0.0952. The number of pyridine rings is 2. The number of para-hydroxylation sites is 1. The van der Waals surface area contributed by atoms with Gasteiger partial charge in [0.25, 0.3) is 11.8 Å². The maximum Gasteiger partial charge on any atom is 0.315 e. The smallest absolute Gasteiger partial charge is 0.315 e. The molecule has 0 atom stereocenters. The van der Waals surface area contributed by atoms with Crippen LogP contribution in [0.4, 0.5) is 11.4 Å². The van der Waals surface area contributed by atoms with Crippen molar-refractivity contribution in [3.05, 3.63) is 155 Å². The molecule has 2 aliphatic heterocycles. The molecule has 2 aromatic heterocycles. The van der Waals surface area contributed by atoms with E-state index in [-0.39, 0.29) is 49.0 Å². The second-order valence-corrected chi connectivity index (χ2v) is 12.7. The number of hydrogen-bond donors (Lipinski definition) is 2. The van der Waals surface area contributed by atoms with E-state index in [2.05, 4.69) is 9.97 Å². The van der Waals surface area contributed by atoms with Crippen molar-refractivity contribution in [2.75, 3.05) is 10.0 Å². The van der Waals surface area contributed by atoms with Gasteiger partial charge in [-0.15, -0.1) is 0 Å². The Bertz CT molecular complexity index is 2470. The van der Waals surface area contributed by atoms with E-state index in [0.29, 0.717) is 45.1 Å². The third kappa shape index (κ3) is 6.25. The number of carbonyl (C=O) groups excluding carboxylic acids is 4. The van der Waals surface area contributed by atoms with Crippen LogP contribution in [0.1, 0.15) is 43.0 Å². The molecule has 0 saturated carbocycles. The van der Waals surface area contributed by atoms with Gasteiger partial charge in [-0.1, -0.05) is 42.5 Å². The van der Waals surface area contributed by atoms with Crippen LogP contribution in [-0.2, 0) is 35.5 Å². The quantitative estimate of drug-likeness (QED) is 0.115. The molecule has 4 N–H and O–H groups in total. The van der Waals surface area contributed by atoms with E-state index < -0.39 is 11.8 Å². The molecule has 266 valence electrons. The first-order chi connectivity index (χ1) is 26.3. The number of esters is 2. The summed E-state index contributed by atoms with van der Waals surface area (Å²) in [6.45, 7) is 0.340. The van der Waals surface area contributed by atoms with E-state index in [1.165, 1.54) is 34.8 Å². The second kappa shape index (κ2) is 14.2. The predicted octanol–water partition coefficient (Wildman–Crippen LogP) is 5.56. The van der Waals surface area contributed by atoms with E-state index in [4.69, 9.17) is 20.9 Å². The molecule has 0 bridgehead atoms. The molecular formula is C42H32N6O6. The fourth-order valence-corrected chi connectivity index (χ4v) is 6.80. The average Bonchev–Trinajstić information content (AvgIpc) is 3.79. The highest BCUT2D eigenvalue weighted by atomic mass is 16.5. The highest BCUT2D eigenvalue weighted by molar-refractivity contribution is 6.17. The van der Waals surface area contributed by atoms with E-state index in [9.17, 15) is 14.4 Å². The molecule has 0 unspecified atom stereocenters. The van der Waals surface area contributed by atoms with Crippen LogP contribution in [0.5, 0.6) is 11.5 Å². The number of rotatable bonds is 8. The molecule has 4 heterocycles. The number of aromatic nitrogens is 2.